The predicted octanol–water partition coefficient (Wildman–Crippen LogP) is 1.90. The van der Waals surface area contributed by atoms with Gasteiger partial charge in [0.15, 0.2) is 0 Å². The van der Waals surface area contributed by atoms with Crippen LogP contribution >= 0.6 is 11.6 Å². The molecule has 0 aliphatic carbocycles. The van der Waals surface area contributed by atoms with Gasteiger partial charge in [-0.3, -0.25) is 14.6 Å². The van der Waals surface area contributed by atoms with Crippen molar-refractivity contribution < 1.29 is 9.90 Å². The van der Waals surface area contributed by atoms with E-state index >= 15 is 0 Å². The van der Waals surface area contributed by atoms with Crippen molar-refractivity contribution in [1.82, 2.24) is 24.8 Å². The number of halogens is 1. The van der Waals surface area contributed by atoms with Crippen molar-refractivity contribution in [2.24, 2.45) is 0 Å². The van der Waals surface area contributed by atoms with E-state index in [-0.39, 0.29) is 6.54 Å². The highest BCUT2D eigenvalue weighted by molar-refractivity contribution is 6.30. The minimum Gasteiger partial charge on any atom is -0.480 e. The maximum atomic E-state index is 10.8. The van der Waals surface area contributed by atoms with Crippen molar-refractivity contribution in [3.63, 3.8) is 0 Å². The Labute approximate surface area is 151 Å². The van der Waals surface area contributed by atoms with E-state index in [2.05, 4.69) is 15.2 Å². The molecule has 1 aromatic carbocycles. The molecule has 3 rings (SSSR count). The number of likely N-dealkylation sites (tertiary alicyclic amines) is 1. The summed E-state index contributed by atoms with van der Waals surface area (Å²) in [4.78, 5) is 15.1. The molecule has 2 aromatic rings. The average molecular weight is 364 g/mol. The van der Waals surface area contributed by atoms with Crippen molar-refractivity contribution in [3.05, 3.63) is 41.2 Å². The minimum atomic E-state index is -0.774. The van der Waals surface area contributed by atoms with Crippen molar-refractivity contribution in [1.29, 1.82) is 0 Å². The standard InChI is InChI=1S/C17H22ClN5O2/c1-21(12-17(24)25)15-6-8-22(9-7-15)10-14-11-23(20-19-14)16-4-2-13(18)3-5-16/h2-5,11,15H,6-10,12H2,1H3,(H,24,25). The molecule has 0 amide bonds. The normalized spacial score (nSPS) is 16.4. The largest absolute Gasteiger partial charge is 0.480 e. The lowest BCUT2D eigenvalue weighted by Gasteiger charge is -2.35. The Hall–Kier alpha value is -1.96. The first kappa shape index (κ1) is 17.8. The highest BCUT2D eigenvalue weighted by atomic mass is 35.5. The van der Waals surface area contributed by atoms with Crippen LogP contribution in [0.5, 0.6) is 0 Å². The molecule has 134 valence electrons. The van der Waals surface area contributed by atoms with Gasteiger partial charge in [0.1, 0.15) is 0 Å². The number of carbonyl (C=O) groups is 1. The summed E-state index contributed by atoms with van der Waals surface area (Å²) in [6.07, 6.45) is 3.87. The molecular formula is C17H22ClN5O2. The molecule has 1 aliphatic rings. The lowest BCUT2D eigenvalue weighted by Crippen LogP contribution is -2.44. The fourth-order valence-electron chi connectivity index (χ4n) is 3.18. The molecule has 7 nitrogen and oxygen atoms in total. The summed E-state index contributed by atoms with van der Waals surface area (Å²) in [6.45, 7) is 2.72. The van der Waals surface area contributed by atoms with Crippen LogP contribution < -0.4 is 0 Å². The van der Waals surface area contributed by atoms with Crippen molar-refractivity contribution in [3.8, 4) is 5.69 Å². The van der Waals surface area contributed by atoms with Crippen molar-refractivity contribution in [2.75, 3.05) is 26.7 Å². The van der Waals surface area contributed by atoms with E-state index in [1.165, 1.54) is 0 Å². The molecule has 1 N–H and O–H groups in total. The van der Waals surface area contributed by atoms with Crippen LogP contribution in [-0.4, -0.2) is 68.6 Å². The second kappa shape index (κ2) is 7.95. The Morgan fingerprint density at radius 3 is 2.64 bits per heavy atom. The van der Waals surface area contributed by atoms with Gasteiger partial charge in [0, 0.05) is 30.7 Å². The highest BCUT2D eigenvalue weighted by Crippen LogP contribution is 2.18. The number of piperidine rings is 1. The number of likely N-dealkylation sites (N-methyl/N-ethyl adjacent to an activating group) is 1. The molecule has 0 radical (unpaired) electrons. The molecule has 1 aromatic heterocycles. The number of benzene rings is 1. The van der Waals surface area contributed by atoms with Gasteiger partial charge in [-0.1, -0.05) is 16.8 Å². The molecule has 0 bridgehead atoms. The first-order chi connectivity index (χ1) is 12.0. The summed E-state index contributed by atoms with van der Waals surface area (Å²) in [5.41, 5.74) is 1.85. The lowest BCUT2D eigenvalue weighted by atomic mass is 10.0. The van der Waals surface area contributed by atoms with E-state index in [1.807, 2.05) is 42.4 Å². The predicted molar refractivity (Wildman–Crippen MR) is 94.9 cm³/mol. The summed E-state index contributed by atoms with van der Waals surface area (Å²) >= 11 is 5.91. The van der Waals surface area contributed by atoms with E-state index in [4.69, 9.17) is 16.7 Å². The number of aromatic nitrogens is 3. The molecule has 1 fully saturated rings. The third-order valence-corrected chi connectivity index (χ3v) is 4.83. The second-order valence-corrected chi connectivity index (χ2v) is 6.88. The zero-order chi connectivity index (χ0) is 17.8. The van der Waals surface area contributed by atoms with Gasteiger partial charge < -0.3 is 5.11 Å². The fraction of sp³-hybridized carbons (Fsp3) is 0.471. The monoisotopic (exact) mass is 363 g/mol. The molecule has 8 heteroatoms. The Balaban J connectivity index is 1.53. The maximum Gasteiger partial charge on any atom is 0.317 e. The van der Waals surface area contributed by atoms with Crippen LogP contribution in [0, 0.1) is 0 Å². The lowest BCUT2D eigenvalue weighted by molar-refractivity contribution is -0.138. The Morgan fingerprint density at radius 1 is 1.32 bits per heavy atom. The SMILES string of the molecule is CN(CC(=O)O)C1CCN(Cc2cn(-c3ccc(Cl)cc3)nn2)CC1. The van der Waals surface area contributed by atoms with E-state index in [1.54, 1.807) is 4.68 Å². The summed E-state index contributed by atoms with van der Waals surface area (Å²) < 4.78 is 1.75. The van der Waals surface area contributed by atoms with E-state index < -0.39 is 5.97 Å². The van der Waals surface area contributed by atoms with Crippen LogP contribution in [0.2, 0.25) is 5.02 Å². The summed E-state index contributed by atoms with van der Waals surface area (Å²) in [5.74, 6) is -0.774. The molecule has 2 heterocycles. The summed E-state index contributed by atoms with van der Waals surface area (Å²) in [7, 11) is 1.88. The van der Waals surface area contributed by atoms with Gasteiger partial charge in [-0.25, -0.2) is 4.68 Å². The number of hydrogen-bond acceptors (Lipinski definition) is 5. The van der Waals surface area contributed by atoms with Gasteiger partial charge >= 0.3 is 5.97 Å². The molecule has 0 atom stereocenters. The topological polar surface area (TPSA) is 74.5 Å². The number of carboxylic acids is 1. The fourth-order valence-corrected chi connectivity index (χ4v) is 3.31. The smallest absolute Gasteiger partial charge is 0.317 e. The average Bonchev–Trinajstić information content (AvgIpc) is 3.04. The third kappa shape index (κ3) is 4.78. The Bertz CT molecular complexity index is 710. The van der Waals surface area contributed by atoms with E-state index in [9.17, 15) is 4.79 Å². The molecule has 1 aliphatic heterocycles. The molecule has 0 spiro atoms. The van der Waals surface area contributed by atoms with Gasteiger partial charge in [-0.05, 0) is 44.2 Å². The highest BCUT2D eigenvalue weighted by Gasteiger charge is 2.24. The van der Waals surface area contributed by atoms with Crippen LogP contribution in [-0.2, 0) is 11.3 Å². The van der Waals surface area contributed by atoms with Crippen molar-refractivity contribution >= 4 is 17.6 Å². The second-order valence-electron chi connectivity index (χ2n) is 6.45. The first-order valence-electron chi connectivity index (χ1n) is 8.33. The number of nitrogens with zero attached hydrogens (tertiary/aromatic N) is 5. The van der Waals surface area contributed by atoms with Crippen LogP contribution in [0.25, 0.3) is 5.69 Å². The van der Waals surface area contributed by atoms with E-state index in [0.29, 0.717) is 11.1 Å². The van der Waals surface area contributed by atoms with E-state index in [0.717, 1.165) is 43.9 Å². The summed E-state index contributed by atoms with van der Waals surface area (Å²) in [6, 6.07) is 7.81. The Morgan fingerprint density at radius 2 is 2.00 bits per heavy atom. The molecule has 0 saturated carbocycles. The van der Waals surface area contributed by atoms with Crippen LogP contribution in [0.4, 0.5) is 0 Å². The molecular weight excluding hydrogens is 342 g/mol. The van der Waals surface area contributed by atoms with Gasteiger partial charge in [0.05, 0.1) is 24.1 Å². The zero-order valence-corrected chi connectivity index (χ0v) is 14.9. The van der Waals surface area contributed by atoms with Crippen LogP contribution in [0.15, 0.2) is 30.5 Å². The maximum absolute atomic E-state index is 10.8. The number of hydrogen-bond donors (Lipinski definition) is 1. The van der Waals surface area contributed by atoms with Crippen molar-refractivity contribution in [2.45, 2.75) is 25.4 Å². The van der Waals surface area contributed by atoms with Gasteiger partial charge in [0.25, 0.3) is 0 Å². The summed E-state index contributed by atoms with van der Waals surface area (Å²) in [5, 5.41) is 18.0. The van der Waals surface area contributed by atoms with Gasteiger partial charge in [-0.2, -0.15) is 0 Å². The number of rotatable bonds is 6. The minimum absolute atomic E-state index is 0.0973. The Kier molecular flexibility index (Phi) is 5.67. The number of aliphatic carboxylic acids is 1. The van der Waals surface area contributed by atoms with Gasteiger partial charge in [-0.15, -0.1) is 5.10 Å². The molecule has 0 unspecified atom stereocenters. The molecule has 1 saturated heterocycles. The first-order valence-corrected chi connectivity index (χ1v) is 8.70. The van der Waals surface area contributed by atoms with Crippen LogP contribution in [0.1, 0.15) is 18.5 Å². The molecule has 25 heavy (non-hydrogen) atoms. The zero-order valence-electron chi connectivity index (χ0n) is 14.2. The number of carboxylic acid groups (broad SMARTS) is 1. The van der Waals surface area contributed by atoms with Crippen LogP contribution in [0.3, 0.4) is 0 Å². The van der Waals surface area contributed by atoms with Gasteiger partial charge in [0.2, 0.25) is 0 Å². The third-order valence-electron chi connectivity index (χ3n) is 4.58. The quantitative estimate of drug-likeness (QED) is 0.845.